The standard InChI is InChI=1S/C14H17F3N4/c1-9(2)18-5-11-4-10(3)13(19-6-11)21-8-12(7-20-21)14(15,16)17/h4,6-9,18H,5H2,1-3H3. The lowest BCUT2D eigenvalue weighted by molar-refractivity contribution is -0.137. The van der Waals surface area contributed by atoms with Crippen LogP contribution in [0.15, 0.2) is 24.7 Å². The number of aryl methyl sites for hydroxylation is 1. The fourth-order valence-electron chi connectivity index (χ4n) is 1.87. The van der Waals surface area contributed by atoms with Crippen LogP contribution in [-0.2, 0) is 12.7 Å². The van der Waals surface area contributed by atoms with Gasteiger partial charge in [-0.3, -0.25) is 0 Å². The monoisotopic (exact) mass is 298 g/mol. The molecule has 2 rings (SSSR count). The van der Waals surface area contributed by atoms with Crippen LogP contribution in [0, 0.1) is 6.92 Å². The van der Waals surface area contributed by atoms with Crippen molar-refractivity contribution in [1.29, 1.82) is 0 Å². The second kappa shape index (κ2) is 5.85. The normalized spacial score (nSPS) is 12.1. The van der Waals surface area contributed by atoms with Gasteiger partial charge in [-0.05, 0) is 24.1 Å². The Kier molecular flexibility index (Phi) is 4.32. The van der Waals surface area contributed by atoms with Gasteiger partial charge in [-0.15, -0.1) is 0 Å². The van der Waals surface area contributed by atoms with Crippen LogP contribution in [0.3, 0.4) is 0 Å². The van der Waals surface area contributed by atoms with Crippen molar-refractivity contribution in [1.82, 2.24) is 20.1 Å². The van der Waals surface area contributed by atoms with Gasteiger partial charge in [-0.1, -0.05) is 13.8 Å². The maximum Gasteiger partial charge on any atom is 0.419 e. The van der Waals surface area contributed by atoms with Gasteiger partial charge >= 0.3 is 6.18 Å². The van der Waals surface area contributed by atoms with Crippen molar-refractivity contribution in [3.8, 4) is 5.82 Å². The topological polar surface area (TPSA) is 42.7 Å². The first-order chi connectivity index (χ1) is 9.77. The molecular weight excluding hydrogens is 281 g/mol. The van der Waals surface area contributed by atoms with E-state index in [1.165, 1.54) is 0 Å². The van der Waals surface area contributed by atoms with Crippen molar-refractivity contribution in [2.24, 2.45) is 0 Å². The van der Waals surface area contributed by atoms with E-state index in [9.17, 15) is 13.2 Å². The SMILES string of the molecule is Cc1cc(CNC(C)C)cnc1-n1cc(C(F)(F)F)cn1. The molecular formula is C14H17F3N4. The van der Waals surface area contributed by atoms with Crippen LogP contribution in [0.25, 0.3) is 5.82 Å². The number of pyridine rings is 1. The maximum absolute atomic E-state index is 12.6. The Balaban J connectivity index is 2.23. The molecule has 0 fully saturated rings. The highest BCUT2D eigenvalue weighted by atomic mass is 19.4. The third kappa shape index (κ3) is 3.81. The van der Waals surface area contributed by atoms with E-state index in [2.05, 4.69) is 15.4 Å². The second-order valence-corrected chi connectivity index (χ2v) is 5.19. The first kappa shape index (κ1) is 15.5. The Morgan fingerprint density at radius 2 is 2.00 bits per heavy atom. The molecule has 114 valence electrons. The highest BCUT2D eigenvalue weighted by Gasteiger charge is 2.32. The van der Waals surface area contributed by atoms with Crippen molar-refractivity contribution < 1.29 is 13.2 Å². The minimum atomic E-state index is -4.40. The van der Waals surface area contributed by atoms with E-state index in [0.29, 0.717) is 18.4 Å². The number of aromatic nitrogens is 3. The number of hydrogen-bond acceptors (Lipinski definition) is 3. The van der Waals surface area contributed by atoms with Crippen molar-refractivity contribution in [3.05, 3.63) is 41.3 Å². The summed E-state index contributed by atoms with van der Waals surface area (Å²) in [5.74, 6) is 0.402. The Morgan fingerprint density at radius 1 is 1.29 bits per heavy atom. The van der Waals surface area contributed by atoms with Gasteiger partial charge in [0.1, 0.15) is 0 Å². The van der Waals surface area contributed by atoms with Gasteiger partial charge in [-0.25, -0.2) is 9.67 Å². The Hall–Kier alpha value is -1.89. The van der Waals surface area contributed by atoms with Gasteiger partial charge < -0.3 is 5.32 Å². The zero-order chi connectivity index (χ0) is 15.6. The van der Waals surface area contributed by atoms with E-state index >= 15 is 0 Å². The molecule has 0 aliphatic rings. The van der Waals surface area contributed by atoms with Crippen molar-refractivity contribution in [3.63, 3.8) is 0 Å². The fourth-order valence-corrected chi connectivity index (χ4v) is 1.87. The van der Waals surface area contributed by atoms with Crippen LogP contribution in [-0.4, -0.2) is 20.8 Å². The number of alkyl halides is 3. The quantitative estimate of drug-likeness (QED) is 0.943. The molecule has 0 radical (unpaired) electrons. The third-order valence-corrected chi connectivity index (χ3v) is 2.95. The predicted octanol–water partition coefficient (Wildman–Crippen LogP) is 3.09. The number of rotatable bonds is 4. The van der Waals surface area contributed by atoms with E-state index in [4.69, 9.17) is 0 Å². The summed E-state index contributed by atoms with van der Waals surface area (Å²) in [6.07, 6.45) is -1.00. The van der Waals surface area contributed by atoms with E-state index in [-0.39, 0.29) is 0 Å². The Morgan fingerprint density at radius 3 is 2.52 bits per heavy atom. The molecule has 1 N–H and O–H groups in total. The van der Waals surface area contributed by atoms with Crippen LogP contribution >= 0.6 is 0 Å². The lowest BCUT2D eigenvalue weighted by atomic mass is 10.2. The number of nitrogens with one attached hydrogen (secondary N) is 1. The zero-order valence-corrected chi connectivity index (χ0v) is 12.1. The molecule has 7 heteroatoms. The van der Waals surface area contributed by atoms with Crippen LogP contribution in [0.2, 0.25) is 0 Å². The summed E-state index contributed by atoms with van der Waals surface area (Å²) in [6, 6.07) is 2.25. The minimum Gasteiger partial charge on any atom is -0.310 e. The molecule has 21 heavy (non-hydrogen) atoms. The molecule has 0 unspecified atom stereocenters. The zero-order valence-electron chi connectivity index (χ0n) is 12.1. The highest BCUT2D eigenvalue weighted by molar-refractivity contribution is 5.35. The Labute approximate surface area is 121 Å². The molecule has 2 heterocycles. The van der Waals surface area contributed by atoms with E-state index in [0.717, 1.165) is 28.2 Å². The van der Waals surface area contributed by atoms with Crippen LogP contribution in [0.4, 0.5) is 13.2 Å². The minimum absolute atomic E-state index is 0.352. The van der Waals surface area contributed by atoms with Crippen LogP contribution < -0.4 is 5.32 Å². The molecule has 0 bridgehead atoms. The molecule has 2 aromatic rings. The van der Waals surface area contributed by atoms with E-state index in [1.807, 2.05) is 19.9 Å². The molecule has 0 aromatic carbocycles. The number of hydrogen-bond donors (Lipinski definition) is 1. The average molecular weight is 298 g/mol. The Bertz CT molecular complexity index is 617. The molecule has 0 aliphatic heterocycles. The first-order valence-electron chi connectivity index (χ1n) is 6.58. The smallest absolute Gasteiger partial charge is 0.310 e. The first-order valence-corrected chi connectivity index (χ1v) is 6.58. The van der Waals surface area contributed by atoms with Crippen molar-refractivity contribution >= 4 is 0 Å². The average Bonchev–Trinajstić information content (AvgIpc) is 2.85. The van der Waals surface area contributed by atoms with Crippen LogP contribution in [0.5, 0.6) is 0 Å². The summed E-state index contributed by atoms with van der Waals surface area (Å²) < 4.78 is 38.9. The molecule has 0 atom stereocenters. The molecule has 0 aliphatic carbocycles. The molecule has 2 aromatic heterocycles. The molecule has 0 saturated heterocycles. The highest BCUT2D eigenvalue weighted by Crippen LogP contribution is 2.29. The van der Waals surface area contributed by atoms with E-state index in [1.54, 1.807) is 13.1 Å². The summed E-state index contributed by atoms with van der Waals surface area (Å²) in [6.45, 7) is 6.54. The van der Waals surface area contributed by atoms with Crippen LogP contribution in [0.1, 0.15) is 30.5 Å². The predicted molar refractivity (Wildman–Crippen MR) is 73.1 cm³/mol. The van der Waals surface area contributed by atoms with Gasteiger partial charge in [-0.2, -0.15) is 18.3 Å². The third-order valence-electron chi connectivity index (χ3n) is 2.95. The summed E-state index contributed by atoms with van der Waals surface area (Å²) in [5, 5.41) is 7.00. The van der Waals surface area contributed by atoms with Gasteiger partial charge in [0.05, 0.1) is 11.8 Å². The summed E-state index contributed by atoms with van der Waals surface area (Å²) in [4.78, 5) is 4.21. The van der Waals surface area contributed by atoms with Gasteiger partial charge in [0, 0.05) is 25.0 Å². The number of halogens is 3. The lowest BCUT2D eigenvalue weighted by Crippen LogP contribution is -2.22. The molecule has 0 amide bonds. The molecule has 4 nitrogen and oxygen atoms in total. The molecule has 0 saturated carbocycles. The van der Waals surface area contributed by atoms with Gasteiger partial charge in [0.25, 0.3) is 0 Å². The van der Waals surface area contributed by atoms with Crippen molar-refractivity contribution in [2.45, 2.75) is 39.5 Å². The van der Waals surface area contributed by atoms with Gasteiger partial charge in [0.2, 0.25) is 0 Å². The van der Waals surface area contributed by atoms with Gasteiger partial charge in [0.15, 0.2) is 5.82 Å². The maximum atomic E-state index is 12.6. The summed E-state index contributed by atoms with van der Waals surface area (Å²) >= 11 is 0. The largest absolute Gasteiger partial charge is 0.419 e. The fraction of sp³-hybridized carbons (Fsp3) is 0.429. The van der Waals surface area contributed by atoms with E-state index < -0.39 is 11.7 Å². The number of nitrogens with zero attached hydrogens (tertiary/aromatic N) is 3. The second-order valence-electron chi connectivity index (χ2n) is 5.19. The lowest BCUT2D eigenvalue weighted by Gasteiger charge is -2.10. The summed E-state index contributed by atoms with van der Waals surface area (Å²) in [7, 11) is 0. The molecule has 0 spiro atoms. The summed E-state index contributed by atoms with van der Waals surface area (Å²) in [5.41, 5.74) is 0.970. The van der Waals surface area contributed by atoms with Crippen molar-refractivity contribution in [2.75, 3.05) is 0 Å².